The molecule has 0 amide bonds. The molecule has 4 rings (SSSR count). The number of carboxylic acid groups (broad SMARTS) is 1. The molecular weight excluding hydrogens is 392 g/mol. The molecule has 26 heavy (non-hydrogen) atoms. The molecule has 0 radical (unpaired) electrons. The van der Waals surface area contributed by atoms with E-state index in [0.29, 0.717) is 27.0 Å². The number of rotatable bonds is 5. The van der Waals surface area contributed by atoms with Gasteiger partial charge in [-0.1, -0.05) is 23.4 Å². The van der Waals surface area contributed by atoms with E-state index in [9.17, 15) is 9.59 Å². The molecule has 0 spiro atoms. The first-order valence-electron chi connectivity index (χ1n) is 8.22. The molecule has 0 unspecified atom stereocenters. The Balaban J connectivity index is 1.89. The number of carbonyl (C=O) groups is 1. The van der Waals surface area contributed by atoms with Crippen LogP contribution in [0.4, 0.5) is 0 Å². The summed E-state index contributed by atoms with van der Waals surface area (Å²) in [5, 5.41) is 10.7. The number of fused-ring (bicyclic) bond motifs is 3. The highest BCUT2D eigenvalue weighted by Crippen LogP contribution is 2.36. The first-order valence-corrected chi connectivity index (χ1v) is 10.4. The summed E-state index contributed by atoms with van der Waals surface area (Å²) >= 11 is 8.85. The highest BCUT2D eigenvalue weighted by atomic mass is 35.5. The zero-order valence-corrected chi connectivity index (χ0v) is 16.1. The van der Waals surface area contributed by atoms with Gasteiger partial charge in [0.25, 0.3) is 5.56 Å². The fraction of sp³-hybridized carbons (Fsp3) is 0.278. The molecule has 0 saturated carbocycles. The Kier molecular flexibility index (Phi) is 4.77. The lowest BCUT2D eigenvalue weighted by atomic mass is 10.2. The normalized spacial score (nSPS) is 13.3. The van der Waals surface area contributed by atoms with Gasteiger partial charge in [0.2, 0.25) is 0 Å². The van der Waals surface area contributed by atoms with Crippen molar-refractivity contribution < 1.29 is 9.90 Å². The summed E-state index contributed by atoms with van der Waals surface area (Å²) < 4.78 is 1.58. The monoisotopic (exact) mass is 406 g/mol. The summed E-state index contributed by atoms with van der Waals surface area (Å²) in [7, 11) is 0. The number of carboxylic acids is 1. The Morgan fingerprint density at radius 2 is 2.08 bits per heavy atom. The average molecular weight is 407 g/mol. The van der Waals surface area contributed by atoms with Gasteiger partial charge in [0.05, 0.1) is 17.5 Å². The van der Waals surface area contributed by atoms with E-state index in [1.54, 1.807) is 40.2 Å². The minimum absolute atomic E-state index is 0.0140. The van der Waals surface area contributed by atoms with Crippen molar-refractivity contribution in [3.63, 3.8) is 0 Å². The highest BCUT2D eigenvalue weighted by molar-refractivity contribution is 7.99. The van der Waals surface area contributed by atoms with Crippen LogP contribution in [0.25, 0.3) is 15.9 Å². The van der Waals surface area contributed by atoms with Crippen LogP contribution in [0.5, 0.6) is 0 Å². The minimum atomic E-state index is -0.867. The summed E-state index contributed by atoms with van der Waals surface area (Å²) in [6.07, 6.45) is 3.00. The van der Waals surface area contributed by atoms with Crippen molar-refractivity contribution in [1.82, 2.24) is 9.55 Å². The van der Waals surface area contributed by atoms with Crippen LogP contribution in [0.2, 0.25) is 5.02 Å². The van der Waals surface area contributed by atoms with E-state index >= 15 is 0 Å². The molecule has 1 aromatic carbocycles. The maximum absolute atomic E-state index is 13.3. The van der Waals surface area contributed by atoms with Gasteiger partial charge in [0, 0.05) is 15.7 Å². The summed E-state index contributed by atoms with van der Waals surface area (Å²) in [6.45, 7) is 0. The van der Waals surface area contributed by atoms with Crippen molar-refractivity contribution >= 4 is 50.9 Å². The number of aromatic nitrogens is 2. The maximum atomic E-state index is 13.3. The van der Waals surface area contributed by atoms with E-state index in [-0.39, 0.29) is 12.0 Å². The summed E-state index contributed by atoms with van der Waals surface area (Å²) in [5.41, 5.74) is 1.73. The molecule has 0 saturated heterocycles. The third-order valence-corrected chi connectivity index (χ3v) is 6.72. The molecule has 1 N–H and O–H groups in total. The lowest BCUT2D eigenvalue weighted by molar-refractivity contribution is -0.136. The average Bonchev–Trinajstić information content (AvgIpc) is 3.16. The summed E-state index contributed by atoms with van der Waals surface area (Å²) in [4.78, 5) is 30.9. The van der Waals surface area contributed by atoms with Crippen molar-refractivity contribution in [2.45, 2.75) is 30.8 Å². The number of hydrogen-bond donors (Lipinski definition) is 1. The van der Waals surface area contributed by atoms with E-state index in [4.69, 9.17) is 21.7 Å². The van der Waals surface area contributed by atoms with E-state index in [1.807, 2.05) is 0 Å². The lowest BCUT2D eigenvalue weighted by Gasteiger charge is -2.12. The van der Waals surface area contributed by atoms with E-state index in [2.05, 4.69) is 0 Å². The smallest absolute Gasteiger partial charge is 0.304 e. The Morgan fingerprint density at radius 3 is 2.81 bits per heavy atom. The first kappa shape index (κ1) is 17.6. The van der Waals surface area contributed by atoms with Crippen molar-refractivity contribution in [1.29, 1.82) is 0 Å². The molecule has 0 bridgehead atoms. The van der Waals surface area contributed by atoms with Gasteiger partial charge in [-0.2, -0.15) is 0 Å². The predicted octanol–water partition coefficient (Wildman–Crippen LogP) is 4.16. The van der Waals surface area contributed by atoms with Crippen LogP contribution in [-0.2, 0) is 17.6 Å². The van der Waals surface area contributed by atoms with Crippen molar-refractivity contribution in [2.75, 3.05) is 5.75 Å². The molecule has 5 nitrogen and oxygen atoms in total. The maximum Gasteiger partial charge on any atom is 0.304 e. The van der Waals surface area contributed by atoms with Gasteiger partial charge in [-0.25, -0.2) is 4.98 Å². The number of aryl methyl sites for hydroxylation is 2. The van der Waals surface area contributed by atoms with Crippen LogP contribution < -0.4 is 5.56 Å². The first-order chi connectivity index (χ1) is 12.5. The molecule has 0 fully saturated rings. The van der Waals surface area contributed by atoms with Crippen molar-refractivity contribution in [3.05, 3.63) is 50.1 Å². The fourth-order valence-electron chi connectivity index (χ4n) is 3.17. The van der Waals surface area contributed by atoms with Crippen molar-refractivity contribution in [3.8, 4) is 5.69 Å². The number of thiophene rings is 1. The minimum Gasteiger partial charge on any atom is -0.481 e. The molecule has 3 aromatic rings. The van der Waals surface area contributed by atoms with Gasteiger partial charge >= 0.3 is 5.97 Å². The van der Waals surface area contributed by atoms with Crippen LogP contribution in [0.3, 0.4) is 0 Å². The second kappa shape index (κ2) is 7.06. The van der Waals surface area contributed by atoms with Gasteiger partial charge in [-0.15, -0.1) is 11.3 Å². The Labute approximate surface area is 162 Å². The lowest BCUT2D eigenvalue weighted by Crippen LogP contribution is -2.22. The topological polar surface area (TPSA) is 72.2 Å². The molecule has 0 atom stereocenters. The number of benzene rings is 1. The second-order valence-corrected chi connectivity index (χ2v) is 8.62. The third-order valence-electron chi connectivity index (χ3n) is 4.34. The van der Waals surface area contributed by atoms with Crippen molar-refractivity contribution in [2.24, 2.45) is 0 Å². The predicted molar refractivity (Wildman–Crippen MR) is 105 cm³/mol. The second-order valence-electron chi connectivity index (χ2n) is 6.04. The fourth-order valence-corrected chi connectivity index (χ4v) is 5.54. The quantitative estimate of drug-likeness (QED) is 0.509. The summed E-state index contributed by atoms with van der Waals surface area (Å²) in [6, 6.07) is 7.03. The molecule has 2 heterocycles. The Bertz CT molecular complexity index is 1060. The Morgan fingerprint density at radius 1 is 1.31 bits per heavy atom. The number of hydrogen-bond acceptors (Lipinski definition) is 5. The van der Waals surface area contributed by atoms with Crippen LogP contribution in [0.1, 0.15) is 23.3 Å². The third kappa shape index (κ3) is 3.15. The molecule has 134 valence electrons. The summed E-state index contributed by atoms with van der Waals surface area (Å²) in [5.74, 6) is -0.513. The zero-order valence-electron chi connectivity index (χ0n) is 13.7. The van der Waals surface area contributed by atoms with Gasteiger partial charge in [0.15, 0.2) is 5.16 Å². The number of thioether (sulfide) groups is 1. The standard InChI is InChI=1S/C18H15ClN2O3S2/c19-10-4-6-11(7-5-10)21-17(24)15-12-2-1-3-13(12)26-16(15)20-18(21)25-9-8-14(22)23/h4-7H,1-3,8-9H2,(H,22,23). The van der Waals surface area contributed by atoms with E-state index < -0.39 is 5.97 Å². The number of aliphatic carboxylic acids is 1. The molecule has 0 aliphatic heterocycles. The van der Waals surface area contributed by atoms with Gasteiger partial charge < -0.3 is 5.11 Å². The molecule has 1 aliphatic carbocycles. The highest BCUT2D eigenvalue weighted by Gasteiger charge is 2.23. The number of halogens is 1. The van der Waals surface area contributed by atoms with Crippen LogP contribution >= 0.6 is 34.7 Å². The molecule has 8 heteroatoms. The van der Waals surface area contributed by atoms with Crippen LogP contribution in [-0.4, -0.2) is 26.4 Å². The van der Waals surface area contributed by atoms with E-state index in [1.165, 1.54) is 16.6 Å². The zero-order chi connectivity index (χ0) is 18.3. The largest absolute Gasteiger partial charge is 0.481 e. The van der Waals surface area contributed by atoms with Crippen LogP contribution in [0.15, 0.2) is 34.2 Å². The molecule has 2 aromatic heterocycles. The van der Waals surface area contributed by atoms with E-state index in [0.717, 1.165) is 29.7 Å². The van der Waals surface area contributed by atoms with Gasteiger partial charge in [-0.05, 0) is 49.1 Å². The molecule has 1 aliphatic rings. The van der Waals surface area contributed by atoms with Gasteiger partial charge in [-0.3, -0.25) is 14.2 Å². The van der Waals surface area contributed by atoms with Crippen LogP contribution in [0, 0.1) is 0 Å². The Hall–Kier alpha value is -1.83. The SMILES string of the molecule is O=C(O)CCSc1nc2sc3c(c2c(=O)n1-c1ccc(Cl)cc1)CCC3. The number of nitrogens with zero attached hydrogens (tertiary/aromatic N) is 2. The van der Waals surface area contributed by atoms with Gasteiger partial charge in [0.1, 0.15) is 4.83 Å². The molecular formula is C18H15ClN2O3S2.